The van der Waals surface area contributed by atoms with Gasteiger partial charge in [0, 0.05) is 41.3 Å². The van der Waals surface area contributed by atoms with Crippen molar-refractivity contribution in [2.24, 2.45) is 0 Å². The van der Waals surface area contributed by atoms with E-state index in [0.29, 0.717) is 0 Å². The summed E-state index contributed by atoms with van der Waals surface area (Å²) in [6.07, 6.45) is 52.2. The van der Waals surface area contributed by atoms with Gasteiger partial charge in [0.25, 0.3) is 6.61 Å². The fraction of sp³-hybridized carbons (Fsp3) is 0.571. The Morgan fingerprint density at radius 3 is 1.24 bits per heavy atom. The van der Waals surface area contributed by atoms with Crippen LogP contribution in [0.1, 0.15) is 239 Å². The van der Waals surface area contributed by atoms with E-state index in [1.54, 1.807) is 0 Å². The maximum absolute atomic E-state index is 6.31. The van der Waals surface area contributed by atoms with Crippen molar-refractivity contribution in [1.29, 1.82) is 0 Å². The lowest BCUT2D eigenvalue weighted by Crippen LogP contribution is -2.62. The van der Waals surface area contributed by atoms with Gasteiger partial charge < -0.3 is 23.4 Å². The first kappa shape index (κ1) is 62.2. The number of hydrogen-bond acceptors (Lipinski definition) is 3. The summed E-state index contributed by atoms with van der Waals surface area (Å²) in [5, 5.41) is 0. The molecule has 0 bridgehead atoms. The topological polar surface area (TPSA) is 53.8 Å². The third-order valence-corrected chi connectivity index (χ3v) is 16.1. The molecule has 0 atom stereocenters. The van der Waals surface area contributed by atoms with E-state index >= 15 is 0 Å². The molecular formula is C70H102B2N4O4+2. The molecule has 1 aliphatic carbocycles. The third-order valence-electron chi connectivity index (χ3n) is 16.1. The molecule has 0 fully saturated rings. The second kappa shape index (κ2) is 36.9. The van der Waals surface area contributed by atoms with Gasteiger partial charge in [-0.25, -0.2) is 4.61 Å². The molecule has 8 nitrogen and oxygen atoms in total. The standard InChI is InChI=1S/C70H102B2N4O4/c1-5-9-13-17-21-25-29-33-53-77-63-45-37-59(38-46-63)67-57-68(60-39-47-64(48-40-60)78-54-34-30-26-22-18-14-10-6-2)74-72-76-70(62-43-51-66(52-44-62)80-56-36-32-28-24-20-16-12-8-4)58-69(75(76)71-73(67)74)61-41-49-65(50-42-61)79-55-35-31-27-23-19-15-11-7-3/h37-52,57-58H,5-36,53-56H2,1-4H3/q+2. The molecule has 3 aromatic carbocycles. The number of hydrogen-bond donors (Lipinski definition) is 0. The van der Waals surface area contributed by atoms with Crippen molar-refractivity contribution in [3.8, 4) is 39.8 Å². The van der Waals surface area contributed by atoms with Gasteiger partial charge in [-0.2, -0.15) is 0 Å². The summed E-state index contributed by atoms with van der Waals surface area (Å²) in [6, 6.07) is 28.4. The van der Waals surface area contributed by atoms with E-state index in [1.807, 2.05) is 0 Å². The average Bonchev–Trinajstić information content (AvgIpc) is 4.18. The fourth-order valence-electron chi connectivity index (χ4n) is 11.1. The summed E-state index contributed by atoms with van der Waals surface area (Å²) in [7, 11) is 4.47. The predicted molar refractivity (Wildman–Crippen MR) is 335 cm³/mol. The molecule has 0 saturated carbocycles. The largest absolute Gasteiger partial charge is 0.605 e. The van der Waals surface area contributed by atoms with Crippen molar-refractivity contribution in [2.75, 3.05) is 26.4 Å². The van der Waals surface area contributed by atoms with Crippen molar-refractivity contribution in [2.45, 2.75) is 233 Å². The molecule has 10 heteroatoms. The summed E-state index contributed by atoms with van der Waals surface area (Å²) in [5.41, 5.74) is 8.77. The lowest BCUT2D eigenvalue weighted by molar-refractivity contribution is -0.878. The van der Waals surface area contributed by atoms with Crippen molar-refractivity contribution in [1.82, 2.24) is 4.59 Å². The van der Waals surface area contributed by atoms with Gasteiger partial charge in [0.05, 0.1) is 31.6 Å². The van der Waals surface area contributed by atoms with Crippen LogP contribution < -0.4 is 18.8 Å². The van der Waals surface area contributed by atoms with Crippen molar-refractivity contribution < 1.29 is 32.4 Å². The highest BCUT2D eigenvalue weighted by Gasteiger charge is 2.39. The predicted octanol–water partition coefficient (Wildman–Crippen LogP) is 18.6. The van der Waals surface area contributed by atoms with Gasteiger partial charge in [-0.05, 0) is 116 Å². The summed E-state index contributed by atoms with van der Waals surface area (Å²) < 4.78 is 34.4. The zero-order valence-corrected chi connectivity index (χ0v) is 50.4. The monoisotopic (exact) mass is 1080 g/mol. The van der Waals surface area contributed by atoms with Crippen LogP contribution in [0.4, 0.5) is 0 Å². The molecule has 0 amide bonds. The van der Waals surface area contributed by atoms with Crippen molar-refractivity contribution in [3.63, 3.8) is 0 Å². The number of azo groups is 1. The van der Waals surface area contributed by atoms with E-state index in [1.165, 1.54) is 180 Å². The highest BCUT2D eigenvalue weighted by atomic mass is 16.5. The highest BCUT2D eigenvalue weighted by Crippen LogP contribution is 2.34. The zero-order chi connectivity index (χ0) is 55.7. The third kappa shape index (κ3) is 20.6. The molecule has 0 N–H and O–H groups in total. The van der Waals surface area contributed by atoms with Crippen LogP contribution in [0.25, 0.3) is 28.2 Å². The lowest BCUT2D eigenvalue weighted by Gasteiger charge is -2.25. The molecule has 0 unspecified atom stereocenters. The number of nitrogens with zero attached hydrogens (tertiary/aromatic N) is 4. The second-order valence-corrected chi connectivity index (χ2v) is 22.8. The molecule has 4 radical (unpaired) electrons. The number of ketones is 1. The van der Waals surface area contributed by atoms with E-state index in [2.05, 4.69) is 170 Å². The second-order valence-electron chi connectivity index (χ2n) is 22.8. The van der Waals surface area contributed by atoms with E-state index in [4.69, 9.17) is 18.6 Å². The van der Waals surface area contributed by atoms with Gasteiger partial charge in [-0.3, -0.25) is 9.03 Å². The smallest absolute Gasteiger partial charge is 0.494 e. The van der Waals surface area contributed by atoms with Crippen LogP contribution in [-0.4, -0.2) is 61.1 Å². The van der Waals surface area contributed by atoms with E-state index in [9.17, 15) is 0 Å². The fourth-order valence-corrected chi connectivity index (χ4v) is 11.1. The number of ether oxygens (including phenoxy) is 3. The Morgan fingerprint density at radius 1 is 0.412 bits per heavy atom. The zero-order valence-electron chi connectivity index (χ0n) is 50.4. The molecule has 0 saturated heterocycles. The first-order chi connectivity index (χ1) is 39.6. The maximum Gasteiger partial charge on any atom is 0.605 e. The number of fused-ring (bicyclic) bond motifs is 1. The Hall–Kier alpha value is -5.37. The summed E-state index contributed by atoms with van der Waals surface area (Å²) >= 11 is 0. The van der Waals surface area contributed by atoms with Crippen LogP contribution in [0.2, 0.25) is 0 Å². The van der Waals surface area contributed by atoms with Crippen LogP contribution >= 0.6 is 0 Å². The molecule has 2 aliphatic heterocycles. The summed E-state index contributed by atoms with van der Waals surface area (Å²) in [5.74, 6) is 3.66. The Bertz CT molecular complexity index is 2570. The SMILES string of the molecule is CCCCCCCCCCOc1ccc(C2=CC(=C3C=CC(=[O+]CCCCCCCCCC)C=C3)[N+]3=[N+]2[B-]n2c(-c4ccc(OCCCCCCCCCC)cc4)cc(-c4ccc(OCCCCCCCCCC)cc4)[n+]2[B-]3)cc1. The molecule has 0 spiro atoms. The summed E-state index contributed by atoms with van der Waals surface area (Å²) in [4.78, 5) is 0. The Morgan fingerprint density at radius 2 is 0.800 bits per heavy atom. The van der Waals surface area contributed by atoms with Gasteiger partial charge in [0.15, 0.2) is 5.69 Å². The maximum atomic E-state index is 6.31. The van der Waals surface area contributed by atoms with Crippen LogP contribution in [0, 0.1) is 0 Å². The number of rotatable bonds is 42. The van der Waals surface area contributed by atoms with Gasteiger partial charge in [-0.1, -0.05) is 201 Å². The van der Waals surface area contributed by atoms with Gasteiger partial charge in [-0.15, -0.1) is 0 Å². The molecule has 1 aromatic heterocycles. The van der Waals surface area contributed by atoms with Crippen LogP contribution in [-0.2, 0) is 4.42 Å². The minimum Gasteiger partial charge on any atom is -0.494 e. The van der Waals surface area contributed by atoms with Gasteiger partial charge >= 0.3 is 20.9 Å². The average molecular weight is 1090 g/mol. The highest BCUT2D eigenvalue weighted by molar-refractivity contribution is 6.27. The van der Waals surface area contributed by atoms with Crippen molar-refractivity contribution >= 4 is 26.6 Å². The normalized spacial score (nSPS) is 13.8. The number of allylic oxidation sites excluding steroid dienone is 6. The quantitative estimate of drug-likeness (QED) is 0.0252. The van der Waals surface area contributed by atoms with Crippen LogP contribution in [0.3, 0.4) is 0 Å². The molecule has 3 heterocycles. The van der Waals surface area contributed by atoms with Crippen LogP contribution in [0.15, 0.2) is 121 Å². The first-order valence-corrected chi connectivity index (χ1v) is 32.6. The number of unbranched alkanes of at least 4 members (excludes halogenated alkanes) is 28. The van der Waals surface area contributed by atoms with E-state index in [-0.39, 0.29) is 0 Å². The Labute approximate surface area is 486 Å². The minimum atomic E-state index is 0.747. The van der Waals surface area contributed by atoms with E-state index in [0.717, 1.165) is 120 Å². The Balaban J connectivity index is 1.11. The van der Waals surface area contributed by atoms with Gasteiger partial charge in [0.1, 0.15) is 17.2 Å². The number of carbonyl (C=O) groups excluding carboxylic acids is 1. The molecule has 4 aromatic rings. The van der Waals surface area contributed by atoms with Crippen molar-refractivity contribution in [3.05, 3.63) is 126 Å². The first-order valence-electron chi connectivity index (χ1n) is 32.6. The van der Waals surface area contributed by atoms with Crippen LogP contribution in [0.5, 0.6) is 17.2 Å². The molecule has 80 heavy (non-hydrogen) atoms. The molecular weight excluding hydrogens is 982 g/mol. The number of aromatic nitrogens is 2. The molecule has 430 valence electrons. The summed E-state index contributed by atoms with van der Waals surface area (Å²) in [6.45, 7) is 12.1. The molecule has 7 rings (SSSR count). The number of benzene rings is 3. The lowest BCUT2D eigenvalue weighted by atomic mass is 10.0. The van der Waals surface area contributed by atoms with E-state index < -0.39 is 0 Å². The van der Waals surface area contributed by atoms with Gasteiger partial charge in [0.2, 0.25) is 11.4 Å². The Kier molecular flexibility index (Phi) is 28.7. The molecule has 3 aliphatic rings. The minimum absolute atomic E-state index is 0.747.